The van der Waals surface area contributed by atoms with Crippen LogP contribution in [-0.2, 0) is 4.74 Å². The Morgan fingerprint density at radius 3 is 2.22 bits per heavy atom. The van der Waals surface area contributed by atoms with Gasteiger partial charge in [0.2, 0.25) is 0 Å². The molecule has 2 aliphatic heterocycles. The molecule has 106 valence electrons. The van der Waals surface area contributed by atoms with Crippen LogP contribution in [0, 0.1) is 11.3 Å². The Bertz CT molecular complexity index is 258. The summed E-state index contributed by atoms with van der Waals surface area (Å²) in [5.41, 5.74) is 6.96. The maximum atomic E-state index is 6.49. The molecular weight excluding hydrogens is 224 g/mol. The van der Waals surface area contributed by atoms with Crippen molar-refractivity contribution >= 4 is 0 Å². The summed E-state index contributed by atoms with van der Waals surface area (Å²) in [6.45, 7) is 12.3. The second kappa shape index (κ2) is 5.48. The van der Waals surface area contributed by atoms with Crippen LogP contribution in [0.4, 0.5) is 0 Å². The van der Waals surface area contributed by atoms with Gasteiger partial charge in [-0.25, -0.2) is 0 Å². The van der Waals surface area contributed by atoms with Gasteiger partial charge >= 0.3 is 0 Å². The maximum Gasteiger partial charge on any atom is 0.0484 e. The topological polar surface area (TPSA) is 38.5 Å². The highest BCUT2D eigenvalue weighted by molar-refractivity contribution is 4.91. The first kappa shape index (κ1) is 14.3. The van der Waals surface area contributed by atoms with E-state index in [2.05, 4.69) is 25.7 Å². The van der Waals surface area contributed by atoms with Crippen molar-refractivity contribution < 1.29 is 4.74 Å². The van der Waals surface area contributed by atoms with Crippen LogP contribution in [0.15, 0.2) is 0 Å². The Kier molecular flexibility index (Phi) is 4.35. The normalized spacial score (nSPS) is 27.3. The number of hydrogen-bond acceptors (Lipinski definition) is 3. The summed E-state index contributed by atoms with van der Waals surface area (Å²) in [4.78, 5) is 2.58. The Labute approximate surface area is 112 Å². The quantitative estimate of drug-likeness (QED) is 0.821. The number of likely N-dealkylation sites (tertiary alicyclic amines) is 1. The zero-order chi connectivity index (χ0) is 13.2. The minimum absolute atomic E-state index is 0.00677. The minimum atomic E-state index is 0.00677. The number of nitrogens with zero attached hydrogens (tertiary/aromatic N) is 1. The van der Waals surface area contributed by atoms with E-state index in [-0.39, 0.29) is 5.54 Å². The van der Waals surface area contributed by atoms with E-state index in [0.29, 0.717) is 5.41 Å². The van der Waals surface area contributed by atoms with Crippen molar-refractivity contribution in [3.8, 4) is 0 Å². The highest BCUT2D eigenvalue weighted by Crippen LogP contribution is 2.34. The lowest BCUT2D eigenvalue weighted by Gasteiger charge is -2.43. The molecule has 0 aliphatic carbocycles. The number of rotatable bonds is 2. The van der Waals surface area contributed by atoms with Crippen molar-refractivity contribution in [3.05, 3.63) is 0 Å². The van der Waals surface area contributed by atoms with Gasteiger partial charge < -0.3 is 15.4 Å². The lowest BCUT2D eigenvalue weighted by molar-refractivity contribution is 0.0263. The van der Waals surface area contributed by atoms with Gasteiger partial charge in [-0.05, 0) is 50.1 Å². The minimum Gasteiger partial charge on any atom is -0.381 e. The van der Waals surface area contributed by atoms with E-state index in [0.717, 1.165) is 38.5 Å². The van der Waals surface area contributed by atoms with Crippen LogP contribution in [0.3, 0.4) is 0 Å². The highest BCUT2D eigenvalue weighted by Gasteiger charge is 2.33. The molecule has 3 heteroatoms. The predicted octanol–water partition coefficient (Wildman–Crippen LogP) is 2.25. The summed E-state index contributed by atoms with van der Waals surface area (Å²) in [6, 6.07) is 0. The van der Waals surface area contributed by atoms with Gasteiger partial charge in [-0.1, -0.05) is 20.8 Å². The molecule has 0 aromatic rings. The van der Waals surface area contributed by atoms with Gasteiger partial charge in [-0.15, -0.1) is 0 Å². The molecule has 0 spiro atoms. The monoisotopic (exact) mass is 254 g/mol. The van der Waals surface area contributed by atoms with Gasteiger partial charge in [-0.3, -0.25) is 0 Å². The van der Waals surface area contributed by atoms with Crippen LogP contribution in [0.2, 0.25) is 0 Å². The van der Waals surface area contributed by atoms with Gasteiger partial charge in [0.25, 0.3) is 0 Å². The molecule has 2 fully saturated rings. The van der Waals surface area contributed by atoms with Crippen molar-refractivity contribution in [3.63, 3.8) is 0 Å². The summed E-state index contributed by atoms with van der Waals surface area (Å²) >= 11 is 0. The van der Waals surface area contributed by atoms with Crippen LogP contribution in [0.1, 0.15) is 46.5 Å². The third-order valence-electron chi connectivity index (χ3n) is 4.84. The van der Waals surface area contributed by atoms with E-state index in [9.17, 15) is 0 Å². The van der Waals surface area contributed by atoms with Crippen molar-refractivity contribution in [2.75, 3.05) is 32.8 Å². The van der Waals surface area contributed by atoms with E-state index < -0.39 is 0 Å². The summed E-state index contributed by atoms with van der Waals surface area (Å²) in [5.74, 6) is 0.872. The van der Waals surface area contributed by atoms with E-state index in [1.54, 1.807) is 0 Å². The SMILES string of the molecule is CC(C)(C)C1CCN(CC2(N)CCOCC2)CC1. The number of nitrogens with two attached hydrogens (primary N) is 1. The molecule has 18 heavy (non-hydrogen) atoms. The molecule has 0 bridgehead atoms. The standard InChI is InChI=1S/C15H30N2O/c1-14(2,3)13-4-8-17(9-5-13)12-15(16)6-10-18-11-7-15/h13H,4-12,16H2,1-3H3. The van der Waals surface area contributed by atoms with Crippen molar-refractivity contribution in [2.45, 2.75) is 52.0 Å². The highest BCUT2D eigenvalue weighted by atomic mass is 16.5. The van der Waals surface area contributed by atoms with Gasteiger partial charge in [-0.2, -0.15) is 0 Å². The summed E-state index contributed by atoms with van der Waals surface area (Å²) in [6.07, 6.45) is 4.70. The van der Waals surface area contributed by atoms with E-state index >= 15 is 0 Å². The molecule has 2 rings (SSSR count). The molecule has 0 amide bonds. The fourth-order valence-electron chi connectivity index (χ4n) is 3.34. The molecule has 2 N–H and O–H groups in total. The largest absolute Gasteiger partial charge is 0.381 e. The third-order valence-corrected chi connectivity index (χ3v) is 4.84. The third kappa shape index (κ3) is 3.69. The molecule has 0 aromatic carbocycles. The molecule has 2 heterocycles. The summed E-state index contributed by atoms with van der Waals surface area (Å²) in [7, 11) is 0. The van der Waals surface area contributed by atoms with Crippen LogP contribution in [-0.4, -0.2) is 43.3 Å². The van der Waals surface area contributed by atoms with E-state index in [1.807, 2.05) is 0 Å². The molecule has 2 aliphatic rings. The zero-order valence-electron chi connectivity index (χ0n) is 12.4. The van der Waals surface area contributed by atoms with Gasteiger partial charge in [0, 0.05) is 25.3 Å². The molecule has 0 saturated carbocycles. The number of hydrogen-bond donors (Lipinski definition) is 1. The Morgan fingerprint density at radius 2 is 1.72 bits per heavy atom. The fraction of sp³-hybridized carbons (Fsp3) is 1.00. The maximum absolute atomic E-state index is 6.49. The van der Waals surface area contributed by atoms with Gasteiger partial charge in [0.15, 0.2) is 0 Å². The molecule has 2 saturated heterocycles. The fourth-order valence-corrected chi connectivity index (χ4v) is 3.34. The van der Waals surface area contributed by atoms with Crippen LogP contribution in [0.25, 0.3) is 0 Å². The first-order valence-corrected chi connectivity index (χ1v) is 7.48. The summed E-state index contributed by atoms with van der Waals surface area (Å²) < 4.78 is 5.42. The van der Waals surface area contributed by atoms with Crippen LogP contribution >= 0.6 is 0 Å². The first-order valence-electron chi connectivity index (χ1n) is 7.48. The smallest absolute Gasteiger partial charge is 0.0484 e. The second-order valence-corrected chi connectivity index (χ2v) is 7.39. The lowest BCUT2D eigenvalue weighted by Crippen LogP contribution is -2.55. The molecular formula is C15H30N2O. The van der Waals surface area contributed by atoms with E-state index in [4.69, 9.17) is 10.5 Å². The predicted molar refractivity (Wildman–Crippen MR) is 75.6 cm³/mol. The average molecular weight is 254 g/mol. The molecule has 0 unspecified atom stereocenters. The van der Waals surface area contributed by atoms with E-state index in [1.165, 1.54) is 25.9 Å². The van der Waals surface area contributed by atoms with Gasteiger partial charge in [0.1, 0.15) is 0 Å². The number of ether oxygens (including phenoxy) is 1. The lowest BCUT2D eigenvalue weighted by atomic mass is 9.75. The summed E-state index contributed by atoms with van der Waals surface area (Å²) in [5, 5.41) is 0. The average Bonchev–Trinajstić information content (AvgIpc) is 2.29. The Morgan fingerprint density at radius 1 is 1.17 bits per heavy atom. The molecule has 3 nitrogen and oxygen atoms in total. The Balaban J connectivity index is 1.79. The van der Waals surface area contributed by atoms with Gasteiger partial charge in [0.05, 0.1) is 0 Å². The zero-order valence-corrected chi connectivity index (χ0v) is 12.4. The number of piperidine rings is 1. The Hall–Kier alpha value is -0.120. The molecule has 0 aromatic heterocycles. The van der Waals surface area contributed by atoms with Crippen molar-refractivity contribution in [1.29, 1.82) is 0 Å². The van der Waals surface area contributed by atoms with Crippen LogP contribution in [0.5, 0.6) is 0 Å². The first-order chi connectivity index (χ1) is 8.39. The van der Waals surface area contributed by atoms with Crippen LogP contribution < -0.4 is 5.73 Å². The van der Waals surface area contributed by atoms with Crippen molar-refractivity contribution in [2.24, 2.45) is 17.1 Å². The second-order valence-electron chi connectivity index (χ2n) is 7.39. The van der Waals surface area contributed by atoms with Crippen molar-refractivity contribution in [1.82, 2.24) is 4.90 Å². The molecule has 0 radical (unpaired) electrons. The molecule has 0 atom stereocenters.